The smallest absolute Gasteiger partial charge is 0.257 e. The standard InChI is InChI=1S/C26H28N4O/c31-26-23-5-2-10-27-25(23)17-24(28-26)20-7-9-22(16-20)30-13-11-29(12-14-30)21-8-6-18-3-1-4-19(18)15-21/h2,5-6,8,10,15-17,22H,1,3-4,7,9,11-14H2,(H,28,31). The van der Waals surface area contributed by atoms with Gasteiger partial charge in [0, 0.05) is 49.8 Å². The van der Waals surface area contributed by atoms with Gasteiger partial charge in [-0.2, -0.15) is 0 Å². The molecule has 2 aliphatic carbocycles. The predicted molar refractivity (Wildman–Crippen MR) is 126 cm³/mol. The highest BCUT2D eigenvalue weighted by Gasteiger charge is 2.27. The largest absolute Gasteiger partial charge is 0.369 e. The van der Waals surface area contributed by atoms with Gasteiger partial charge in [0.1, 0.15) is 0 Å². The molecule has 0 bridgehead atoms. The first-order chi connectivity index (χ1) is 15.2. The second-order valence-electron chi connectivity index (χ2n) is 9.08. The second-order valence-corrected chi connectivity index (χ2v) is 9.08. The molecule has 1 aromatic carbocycles. The second kappa shape index (κ2) is 7.65. The van der Waals surface area contributed by atoms with Gasteiger partial charge in [-0.05, 0) is 79.1 Å². The molecule has 0 radical (unpaired) electrons. The van der Waals surface area contributed by atoms with Gasteiger partial charge in [-0.25, -0.2) is 0 Å². The fourth-order valence-electron chi connectivity index (χ4n) is 5.54. The lowest BCUT2D eigenvalue weighted by atomic mass is 10.1. The zero-order valence-corrected chi connectivity index (χ0v) is 17.8. The molecule has 5 nitrogen and oxygen atoms in total. The molecule has 5 heteroatoms. The van der Waals surface area contributed by atoms with Crippen LogP contribution in [0, 0.1) is 0 Å². The van der Waals surface area contributed by atoms with E-state index in [2.05, 4.69) is 44.0 Å². The van der Waals surface area contributed by atoms with Crippen LogP contribution in [0.4, 0.5) is 5.69 Å². The minimum Gasteiger partial charge on any atom is -0.369 e. The molecule has 3 heterocycles. The maximum Gasteiger partial charge on any atom is 0.257 e. The number of rotatable bonds is 3. The van der Waals surface area contributed by atoms with Crippen LogP contribution in [0.5, 0.6) is 0 Å². The Labute approximate surface area is 182 Å². The minimum absolute atomic E-state index is 0.0482. The van der Waals surface area contributed by atoms with Crippen LogP contribution in [0.1, 0.15) is 36.1 Å². The Morgan fingerprint density at radius 1 is 0.968 bits per heavy atom. The van der Waals surface area contributed by atoms with E-state index in [0.29, 0.717) is 11.4 Å². The van der Waals surface area contributed by atoms with Gasteiger partial charge < -0.3 is 9.88 Å². The van der Waals surface area contributed by atoms with Gasteiger partial charge in [0.25, 0.3) is 5.56 Å². The molecule has 31 heavy (non-hydrogen) atoms. The Kier molecular flexibility index (Phi) is 4.64. The van der Waals surface area contributed by atoms with Crippen molar-refractivity contribution in [3.63, 3.8) is 0 Å². The molecule has 2 aromatic heterocycles. The van der Waals surface area contributed by atoms with E-state index in [4.69, 9.17) is 0 Å². The molecule has 3 aliphatic rings. The van der Waals surface area contributed by atoms with E-state index in [0.717, 1.165) is 50.2 Å². The van der Waals surface area contributed by atoms with Crippen molar-refractivity contribution in [3.8, 4) is 0 Å². The van der Waals surface area contributed by atoms with Crippen molar-refractivity contribution in [2.45, 2.75) is 38.1 Å². The molecule has 1 aliphatic heterocycles. The van der Waals surface area contributed by atoms with Crippen LogP contribution in [-0.4, -0.2) is 47.1 Å². The summed E-state index contributed by atoms with van der Waals surface area (Å²) in [4.78, 5) is 25.0. The van der Waals surface area contributed by atoms with E-state index in [1.54, 1.807) is 17.3 Å². The summed E-state index contributed by atoms with van der Waals surface area (Å²) < 4.78 is 0. The van der Waals surface area contributed by atoms with E-state index in [1.165, 1.54) is 30.5 Å². The Morgan fingerprint density at radius 3 is 2.74 bits per heavy atom. The highest BCUT2D eigenvalue weighted by molar-refractivity contribution is 5.81. The topological polar surface area (TPSA) is 52.2 Å². The van der Waals surface area contributed by atoms with Crippen LogP contribution < -0.4 is 10.5 Å². The lowest BCUT2D eigenvalue weighted by Gasteiger charge is -2.38. The number of hydrogen-bond donors (Lipinski definition) is 1. The molecule has 1 fully saturated rings. The van der Waals surface area contributed by atoms with Crippen molar-refractivity contribution in [1.29, 1.82) is 0 Å². The number of hydrogen-bond acceptors (Lipinski definition) is 4. The SMILES string of the molecule is O=c1[nH]c(C2=CC(N3CCN(c4ccc5c(c4)CCC5)CC3)CC2)cc2ncccc12. The van der Waals surface area contributed by atoms with Crippen LogP contribution in [0.15, 0.2) is 53.5 Å². The number of anilines is 1. The number of fused-ring (bicyclic) bond motifs is 2. The predicted octanol–water partition coefficient (Wildman–Crippen LogP) is 3.78. The number of aromatic nitrogens is 2. The normalized spacial score (nSPS) is 21.5. The van der Waals surface area contributed by atoms with E-state index in [1.807, 2.05) is 18.2 Å². The van der Waals surface area contributed by atoms with E-state index in [9.17, 15) is 4.79 Å². The van der Waals surface area contributed by atoms with E-state index in [-0.39, 0.29) is 5.56 Å². The molecule has 0 spiro atoms. The third-order valence-corrected chi connectivity index (χ3v) is 7.29. The summed E-state index contributed by atoms with van der Waals surface area (Å²) in [5, 5.41) is 0.657. The lowest BCUT2D eigenvalue weighted by Crippen LogP contribution is -2.49. The van der Waals surface area contributed by atoms with Crippen molar-refractivity contribution in [1.82, 2.24) is 14.9 Å². The number of pyridine rings is 2. The molecule has 0 saturated carbocycles. The maximum atomic E-state index is 12.4. The van der Waals surface area contributed by atoms with Crippen LogP contribution in [-0.2, 0) is 12.8 Å². The summed E-state index contributed by atoms with van der Waals surface area (Å²) in [6, 6.07) is 13.2. The molecule has 1 unspecified atom stereocenters. The van der Waals surface area contributed by atoms with Gasteiger partial charge in [-0.1, -0.05) is 12.1 Å². The maximum absolute atomic E-state index is 12.4. The number of nitrogens with one attached hydrogen (secondary N) is 1. The van der Waals surface area contributed by atoms with Crippen molar-refractivity contribution in [2.75, 3.05) is 31.1 Å². The Hall–Kier alpha value is -2.92. The first kappa shape index (κ1) is 18.8. The van der Waals surface area contributed by atoms with Crippen LogP contribution in [0.25, 0.3) is 16.5 Å². The Bertz CT molecular complexity index is 1220. The summed E-state index contributed by atoms with van der Waals surface area (Å²) in [6.07, 6.45) is 10.0. The summed E-state index contributed by atoms with van der Waals surface area (Å²) >= 11 is 0. The van der Waals surface area contributed by atoms with Gasteiger partial charge in [0.2, 0.25) is 0 Å². The number of nitrogens with zero attached hydrogens (tertiary/aromatic N) is 3. The lowest BCUT2D eigenvalue weighted by molar-refractivity contribution is 0.214. The van der Waals surface area contributed by atoms with Crippen LogP contribution in [0.2, 0.25) is 0 Å². The average molecular weight is 413 g/mol. The Morgan fingerprint density at radius 2 is 1.84 bits per heavy atom. The zero-order chi connectivity index (χ0) is 20.8. The highest BCUT2D eigenvalue weighted by atomic mass is 16.1. The number of piperazine rings is 1. The highest BCUT2D eigenvalue weighted by Crippen LogP contribution is 2.32. The van der Waals surface area contributed by atoms with Gasteiger partial charge in [0.15, 0.2) is 0 Å². The number of allylic oxidation sites excluding steroid dienone is 1. The van der Waals surface area contributed by atoms with Crippen LogP contribution in [0.3, 0.4) is 0 Å². The van der Waals surface area contributed by atoms with Crippen LogP contribution >= 0.6 is 0 Å². The third-order valence-electron chi connectivity index (χ3n) is 7.29. The molecule has 1 N–H and O–H groups in total. The molecule has 1 atom stereocenters. The zero-order valence-electron chi connectivity index (χ0n) is 17.8. The quantitative estimate of drug-likeness (QED) is 0.711. The van der Waals surface area contributed by atoms with E-state index < -0.39 is 0 Å². The molecule has 6 rings (SSSR count). The van der Waals surface area contributed by atoms with Crippen molar-refractivity contribution in [2.24, 2.45) is 0 Å². The van der Waals surface area contributed by atoms with Crippen molar-refractivity contribution >= 4 is 22.2 Å². The molecule has 158 valence electrons. The molecular weight excluding hydrogens is 384 g/mol. The van der Waals surface area contributed by atoms with E-state index >= 15 is 0 Å². The minimum atomic E-state index is -0.0482. The van der Waals surface area contributed by atoms with Crippen molar-refractivity contribution in [3.05, 3.63) is 75.8 Å². The Balaban J connectivity index is 1.15. The van der Waals surface area contributed by atoms with Gasteiger partial charge in [-0.15, -0.1) is 0 Å². The van der Waals surface area contributed by atoms with Gasteiger partial charge in [-0.3, -0.25) is 14.7 Å². The summed E-state index contributed by atoms with van der Waals surface area (Å²) in [5.41, 5.74) is 7.40. The molecular formula is C26H28N4O. The van der Waals surface area contributed by atoms with Gasteiger partial charge in [0.05, 0.1) is 10.9 Å². The number of aryl methyl sites for hydroxylation is 2. The summed E-state index contributed by atoms with van der Waals surface area (Å²) in [7, 11) is 0. The average Bonchev–Trinajstić information content (AvgIpc) is 3.49. The first-order valence-corrected chi connectivity index (χ1v) is 11.5. The number of benzene rings is 1. The van der Waals surface area contributed by atoms with Crippen molar-refractivity contribution < 1.29 is 0 Å². The third kappa shape index (κ3) is 3.47. The summed E-state index contributed by atoms with van der Waals surface area (Å²) in [5.74, 6) is 0. The molecule has 0 amide bonds. The fourth-order valence-corrected chi connectivity index (χ4v) is 5.54. The fraction of sp³-hybridized carbons (Fsp3) is 0.385. The number of aromatic amines is 1. The monoisotopic (exact) mass is 412 g/mol. The first-order valence-electron chi connectivity index (χ1n) is 11.5. The summed E-state index contributed by atoms with van der Waals surface area (Å²) in [6.45, 7) is 4.33. The number of H-pyrrole nitrogens is 1. The van der Waals surface area contributed by atoms with Gasteiger partial charge >= 0.3 is 0 Å². The molecule has 1 saturated heterocycles. The molecule has 3 aromatic rings.